The lowest BCUT2D eigenvalue weighted by molar-refractivity contribution is 0.283. The zero-order valence-corrected chi connectivity index (χ0v) is 18.6. The first kappa shape index (κ1) is 23.1. The highest BCUT2D eigenvalue weighted by atomic mass is 127. The highest BCUT2D eigenvalue weighted by molar-refractivity contribution is 14.0. The molecule has 0 radical (unpaired) electrons. The summed E-state index contributed by atoms with van der Waals surface area (Å²) >= 11 is 0. The van der Waals surface area contributed by atoms with Crippen LogP contribution in [0, 0.1) is 11.2 Å². The molecule has 1 saturated carbocycles. The van der Waals surface area contributed by atoms with E-state index in [0.717, 1.165) is 19.0 Å². The molecule has 0 heterocycles. The van der Waals surface area contributed by atoms with Crippen molar-refractivity contribution in [2.75, 3.05) is 25.9 Å². The standard InChI is InChI=1S/C18H28FN3O2S.HI/c1-3-18(10-6-7-11-18)14-22-17(20-2)21-12-13-25(23,24)16-9-5-4-8-15(16)19;/h4-5,8-9H,3,6-7,10-14H2,1-2H3,(H2,20,21,22);1H. The van der Waals surface area contributed by atoms with Crippen LogP contribution in [0.5, 0.6) is 0 Å². The van der Waals surface area contributed by atoms with Gasteiger partial charge in [0.25, 0.3) is 0 Å². The van der Waals surface area contributed by atoms with Crippen molar-refractivity contribution in [2.24, 2.45) is 10.4 Å². The van der Waals surface area contributed by atoms with Crippen LogP contribution in [0.4, 0.5) is 4.39 Å². The minimum absolute atomic E-state index is 0. The van der Waals surface area contributed by atoms with Crippen molar-refractivity contribution in [3.05, 3.63) is 30.1 Å². The molecule has 0 unspecified atom stereocenters. The van der Waals surface area contributed by atoms with E-state index in [1.165, 1.54) is 43.9 Å². The van der Waals surface area contributed by atoms with Crippen LogP contribution in [0.15, 0.2) is 34.2 Å². The molecule has 1 aliphatic rings. The Morgan fingerprint density at radius 2 is 1.88 bits per heavy atom. The van der Waals surface area contributed by atoms with E-state index < -0.39 is 15.7 Å². The number of benzene rings is 1. The predicted molar refractivity (Wildman–Crippen MR) is 114 cm³/mol. The second-order valence-electron chi connectivity index (χ2n) is 6.66. The monoisotopic (exact) mass is 497 g/mol. The maximum Gasteiger partial charge on any atom is 0.191 e. The van der Waals surface area contributed by atoms with E-state index in [-0.39, 0.29) is 41.2 Å². The average Bonchev–Trinajstić information content (AvgIpc) is 3.07. The van der Waals surface area contributed by atoms with E-state index in [1.807, 2.05) is 0 Å². The lowest BCUT2D eigenvalue weighted by atomic mass is 9.83. The van der Waals surface area contributed by atoms with Gasteiger partial charge in [-0.2, -0.15) is 0 Å². The van der Waals surface area contributed by atoms with Crippen molar-refractivity contribution in [1.29, 1.82) is 0 Å². The Bertz CT molecular complexity index is 704. The minimum Gasteiger partial charge on any atom is -0.356 e. The van der Waals surface area contributed by atoms with Gasteiger partial charge in [-0.3, -0.25) is 4.99 Å². The number of nitrogens with zero attached hydrogens (tertiary/aromatic N) is 1. The molecule has 0 aromatic heterocycles. The van der Waals surface area contributed by atoms with Gasteiger partial charge in [-0.15, -0.1) is 24.0 Å². The van der Waals surface area contributed by atoms with Crippen LogP contribution in [0.1, 0.15) is 39.0 Å². The van der Waals surface area contributed by atoms with E-state index in [9.17, 15) is 12.8 Å². The first-order valence-corrected chi connectivity index (χ1v) is 10.5. The minimum atomic E-state index is -3.66. The third-order valence-electron chi connectivity index (χ3n) is 5.10. The van der Waals surface area contributed by atoms with Gasteiger partial charge in [0.2, 0.25) is 0 Å². The first-order chi connectivity index (χ1) is 11.9. The molecule has 1 fully saturated rings. The largest absolute Gasteiger partial charge is 0.356 e. The van der Waals surface area contributed by atoms with Crippen molar-refractivity contribution in [3.63, 3.8) is 0 Å². The van der Waals surface area contributed by atoms with E-state index in [0.29, 0.717) is 11.4 Å². The fourth-order valence-corrected chi connectivity index (χ4v) is 4.62. The maximum absolute atomic E-state index is 13.7. The highest BCUT2D eigenvalue weighted by Gasteiger charge is 2.31. The molecule has 1 aromatic rings. The van der Waals surface area contributed by atoms with Gasteiger partial charge in [0.05, 0.1) is 5.75 Å². The Labute approximate surface area is 173 Å². The summed E-state index contributed by atoms with van der Waals surface area (Å²) in [6.07, 6.45) is 6.09. The number of aliphatic imine (C=N–C) groups is 1. The fraction of sp³-hybridized carbons (Fsp3) is 0.611. The Morgan fingerprint density at radius 3 is 2.46 bits per heavy atom. The van der Waals surface area contributed by atoms with Gasteiger partial charge in [0.15, 0.2) is 15.8 Å². The zero-order chi connectivity index (χ0) is 18.3. The van der Waals surface area contributed by atoms with Crippen LogP contribution in [0.3, 0.4) is 0 Å². The molecule has 2 N–H and O–H groups in total. The number of guanidine groups is 1. The number of nitrogens with one attached hydrogen (secondary N) is 2. The number of rotatable bonds is 7. The van der Waals surface area contributed by atoms with Crippen molar-refractivity contribution in [3.8, 4) is 0 Å². The fourth-order valence-electron chi connectivity index (χ4n) is 3.38. The van der Waals surface area contributed by atoms with Crippen LogP contribution < -0.4 is 10.6 Å². The molecule has 0 spiro atoms. The Hall–Kier alpha value is -0.900. The van der Waals surface area contributed by atoms with E-state index in [4.69, 9.17) is 0 Å². The highest BCUT2D eigenvalue weighted by Crippen LogP contribution is 2.40. The molecular weight excluding hydrogens is 468 g/mol. The topological polar surface area (TPSA) is 70.6 Å². The molecule has 1 aliphatic carbocycles. The maximum atomic E-state index is 13.7. The zero-order valence-electron chi connectivity index (χ0n) is 15.4. The Kier molecular flexibility index (Phi) is 9.29. The van der Waals surface area contributed by atoms with Crippen molar-refractivity contribution in [1.82, 2.24) is 10.6 Å². The number of sulfone groups is 1. The average molecular weight is 497 g/mol. The molecule has 2 rings (SSSR count). The summed E-state index contributed by atoms with van der Waals surface area (Å²) in [4.78, 5) is 3.90. The molecule has 26 heavy (non-hydrogen) atoms. The second kappa shape index (κ2) is 10.4. The third kappa shape index (κ3) is 6.07. The molecule has 0 atom stereocenters. The molecular formula is C18H29FIN3O2S. The molecule has 0 amide bonds. The number of halogens is 2. The summed E-state index contributed by atoms with van der Waals surface area (Å²) < 4.78 is 38.2. The summed E-state index contributed by atoms with van der Waals surface area (Å²) in [6.45, 7) is 3.23. The van der Waals surface area contributed by atoms with Crippen LogP contribution >= 0.6 is 24.0 Å². The van der Waals surface area contributed by atoms with Gasteiger partial charge in [0, 0.05) is 20.1 Å². The first-order valence-electron chi connectivity index (χ1n) is 8.84. The van der Waals surface area contributed by atoms with Crippen molar-refractivity contribution < 1.29 is 12.8 Å². The second-order valence-corrected chi connectivity index (χ2v) is 8.74. The Morgan fingerprint density at radius 1 is 1.23 bits per heavy atom. The normalized spacial score (nSPS) is 16.8. The van der Waals surface area contributed by atoms with Crippen LogP contribution in [0.2, 0.25) is 0 Å². The van der Waals surface area contributed by atoms with Crippen LogP contribution in [-0.4, -0.2) is 40.3 Å². The van der Waals surface area contributed by atoms with E-state index in [1.54, 1.807) is 7.05 Å². The molecule has 5 nitrogen and oxygen atoms in total. The van der Waals surface area contributed by atoms with Gasteiger partial charge in [-0.25, -0.2) is 12.8 Å². The Balaban J connectivity index is 0.00000338. The van der Waals surface area contributed by atoms with Crippen LogP contribution in [0.25, 0.3) is 0 Å². The number of hydrogen-bond acceptors (Lipinski definition) is 3. The summed E-state index contributed by atoms with van der Waals surface area (Å²) in [5, 5.41) is 6.33. The summed E-state index contributed by atoms with van der Waals surface area (Å²) in [5.41, 5.74) is 0.316. The molecule has 1 aromatic carbocycles. The predicted octanol–water partition coefficient (Wildman–Crippen LogP) is 3.35. The lowest BCUT2D eigenvalue weighted by Crippen LogP contribution is -2.44. The summed E-state index contributed by atoms with van der Waals surface area (Å²) in [7, 11) is -2.00. The van der Waals surface area contributed by atoms with E-state index >= 15 is 0 Å². The third-order valence-corrected chi connectivity index (χ3v) is 6.85. The summed E-state index contributed by atoms with van der Waals surface area (Å²) in [6, 6.07) is 5.45. The molecule has 0 bridgehead atoms. The van der Waals surface area contributed by atoms with Gasteiger partial charge in [0.1, 0.15) is 10.7 Å². The van der Waals surface area contributed by atoms with Gasteiger partial charge in [-0.1, -0.05) is 31.9 Å². The quantitative estimate of drug-likeness (QED) is 0.345. The lowest BCUT2D eigenvalue weighted by Gasteiger charge is -2.28. The van der Waals surface area contributed by atoms with Gasteiger partial charge >= 0.3 is 0 Å². The SMILES string of the molecule is CCC1(CNC(=NC)NCCS(=O)(=O)c2ccccc2F)CCCC1.I. The van der Waals surface area contributed by atoms with Gasteiger partial charge < -0.3 is 10.6 Å². The molecule has 0 saturated heterocycles. The van der Waals surface area contributed by atoms with E-state index in [2.05, 4.69) is 22.5 Å². The molecule has 148 valence electrons. The van der Waals surface area contributed by atoms with Crippen molar-refractivity contribution >= 4 is 39.8 Å². The molecule has 0 aliphatic heterocycles. The smallest absolute Gasteiger partial charge is 0.191 e. The summed E-state index contributed by atoms with van der Waals surface area (Å²) in [5.74, 6) is -0.312. The van der Waals surface area contributed by atoms with Gasteiger partial charge in [-0.05, 0) is 36.8 Å². The van der Waals surface area contributed by atoms with Crippen LogP contribution in [-0.2, 0) is 9.84 Å². The number of hydrogen-bond donors (Lipinski definition) is 2. The molecule has 8 heteroatoms. The van der Waals surface area contributed by atoms with Crippen molar-refractivity contribution in [2.45, 2.75) is 43.9 Å².